The van der Waals surface area contributed by atoms with Crippen LogP contribution in [0.3, 0.4) is 0 Å². The fourth-order valence-electron chi connectivity index (χ4n) is 1.60. The molecule has 0 saturated carbocycles. The van der Waals surface area contributed by atoms with Gasteiger partial charge in [-0.25, -0.2) is 13.8 Å². The van der Waals surface area contributed by atoms with Crippen molar-refractivity contribution in [1.82, 2.24) is 4.98 Å². The Morgan fingerprint density at radius 2 is 2.10 bits per heavy atom. The second-order valence-corrected chi connectivity index (χ2v) is 4.64. The summed E-state index contributed by atoms with van der Waals surface area (Å²) in [6.45, 7) is 0. The van der Waals surface area contributed by atoms with E-state index in [4.69, 9.17) is 5.26 Å². The third-order valence-corrected chi connectivity index (χ3v) is 3.46. The molecule has 1 unspecified atom stereocenters. The van der Waals surface area contributed by atoms with Gasteiger partial charge < -0.3 is 4.74 Å². The maximum atomic E-state index is 13.6. The lowest BCUT2D eigenvalue weighted by Gasteiger charge is -2.03. The molecule has 0 bridgehead atoms. The van der Waals surface area contributed by atoms with Gasteiger partial charge in [0, 0.05) is 5.38 Å². The van der Waals surface area contributed by atoms with E-state index in [1.165, 1.54) is 11.4 Å². The fraction of sp³-hybridized carbons (Fsp3) is 0.154. The number of ether oxygens (including phenoxy) is 1. The average molecular weight is 294 g/mol. The van der Waals surface area contributed by atoms with E-state index in [1.807, 2.05) is 0 Å². The zero-order valence-electron chi connectivity index (χ0n) is 10.3. The minimum Gasteiger partial charge on any atom is -0.468 e. The number of esters is 1. The summed E-state index contributed by atoms with van der Waals surface area (Å²) in [4.78, 5) is 15.4. The number of benzene rings is 1. The SMILES string of the molecule is COC(=O)C(C#N)c1nc(-c2c(F)cccc2F)cs1. The highest BCUT2D eigenvalue weighted by Crippen LogP contribution is 2.30. The number of halogens is 2. The van der Waals surface area contributed by atoms with E-state index in [9.17, 15) is 13.6 Å². The first kappa shape index (κ1) is 14.1. The first-order valence-electron chi connectivity index (χ1n) is 5.45. The number of carbonyl (C=O) groups excluding carboxylic acids is 1. The second kappa shape index (κ2) is 5.75. The predicted octanol–water partition coefficient (Wildman–Crippen LogP) is 2.87. The number of rotatable bonds is 3. The van der Waals surface area contributed by atoms with Gasteiger partial charge in [0.25, 0.3) is 0 Å². The van der Waals surface area contributed by atoms with Gasteiger partial charge in [0.15, 0.2) is 5.92 Å². The van der Waals surface area contributed by atoms with E-state index in [2.05, 4.69) is 9.72 Å². The number of thiazole rings is 1. The van der Waals surface area contributed by atoms with Crippen molar-refractivity contribution in [2.45, 2.75) is 5.92 Å². The molecule has 0 radical (unpaired) electrons. The molecule has 1 atom stereocenters. The van der Waals surface area contributed by atoms with E-state index in [0.29, 0.717) is 0 Å². The van der Waals surface area contributed by atoms with Crippen LogP contribution in [0.5, 0.6) is 0 Å². The van der Waals surface area contributed by atoms with Crippen LogP contribution in [0.4, 0.5) is 8.78 Å². The maximum Gasteiger partial charge on any atom is 0.330 e. The third-order valence-electron chi connectivity index (χ3n) is 2.55. The molecule has 2 rings (SSSR count). The Morgan fingerprint density at radius 3 is 2.65 bits per heavy atom. The summed E-state index contributed by atoms with van der Waals surface area (Å²) in [5, 5.41) is 10.5. The summed E-state index contributed by atoms with van der Waals surface area (Å²) in [7, 11) is 1.15. The molecular formula is C13H8F2N2O2S. The lowest BCUT2D eigenvalue weighted by atomic mass is 10.1. The third kappa shape index (κ3) is 2.51. The molecule has 0 spiro atoms. The average Bonchev–Trinajstić information content (AvgIpc) is 2.88. The molecule has 0 aliphatic carbocycles. The fourth-order valence-corrected chi connectivity index (χ4v) is 2.44. The van der Waals surface area contributed by atoms with Crippen LogP contribution in [0.1, 0.15) is 10.9 Å². The molecule has 0 saturated heterocycles. The Morgan fingerprint density at radius 1 is 1.45 bits per heavy atom. The highest BCUT2D eigenvalue weighted by molar-refractivity contribution is 7.10. The number of hydrogen-bond donors (Lipinski definition) is 0. The second-order valence-electron chi connectivity index (χ2n) is 3.75. The molecule has 20 heavy (non-hydrogen) atoms. The first-order valence-corrected chi connectivity index (χ1v) is 6.33. The zero-order valence-corrected chi connectivity index (χ0v) is 11.1. The van der Waals surface area contributed by atoms with Gasteiger partial charge in [-0.05, 0) is 12.1 Å². The molecule has 1 aromatic carbocycles. The van der Waals surface area contributed by atoms with Gasteiger partial charge in [0.1, 0.15) is 16.6 Å². The summed E-state index contributed by atoms with van der Waals surface area (Å²) < 4.78 is 31.7. The summed E-state index contributed by atoms with van der Waals surface area (Å²) in [5.41, 5.74) is -0.235. The number of hydrogen-bond acceptors (Lipinski definition) is 5. The first-order chi connectivity index (χ1) is 9.58. The van der Waals surface area contributed by atoms with Gasteiger partial charge in [0.05, 0.1) is 24.4 Å². The van der Waals surface area contributed by atoms with Crippen LogP contribution in [0.2, 0.25) is 0 Å². The predicted molar refractivity (Wildman–Crippen MR) is 67.8 cm³/mol. The van der Waals surface area contributed by atoms with Crippen LogP contribution in [0.15, 0.2) is 23.6 Å². The number of carbonyl (C=O) groups is 1. The lowest BCUT2D eigenvalue weighted by Crippen LogP contribution is -2.12. The maximum absolute atomic E-state index is 13.6. The topological polar surface area (TPSA) is 63.0 Å². The minimum atomic E-state index is -1.20. The van der Waals surface area contributed by atoms with Crippen molar-refractivity contribution in [1.29, 1.82) is 5.26 Å². The Labute approximate surface area is 117 Å². The largest absolute Gasteiger partial charge is 0.468 e. The van der Waals surface area contributed by atoms with Crippen LogP contribution in [0, 0.1) is 23.0 Å². The van der Waals surface area contributed by atoms with Crippen LogP contribution < -0.4 is 0 Å². The molecule has 0 aliphatic heterocycles. The monoisotopic (exact) mass is 294 g/mol. The van der Waals surface area contributed by atoms with Gasteiger partial charge in [-0.1, -0.05) is 6.07 Å². The molecule has 2 aromatic rings. The standard InChI is InChI=1S/C13H8F2N2O2S/c1-19-13(18)7(5-16)12-17-10(6-20-12)11-8(14)3-2-4-9(11)15/h2-4,6-7H,1H3. The Kier molecular flexibility index (Phi) is 4.05. The minimum absolute atomic E-state index is 0.0461. The molecule has 1 aromatic heterocycles. The quantitative estimate of drug-likeness (QED) is 0.817. The molecule has 0 aliphatic rings. The molecule has 0 N–H and O–H groups in total. The van der Waals surface area contributed by atoms with Gasteiger partial charge in [-0.15, -0.1) is 11.3 Å². The van der Waals surface area contributed by atoms with Crippen molar-refractivity contribution in [3.05, 3.63) is 40.2 Å². The van der Waals surface area contributed by atoms with Crippen molar-refractivity contribution >= 4 is 17.3 Å². The number of aromatic nitrogens is 1. The van der Waals surface area contributed by atoms with Gasteiger partial charge in [-0.3, -0.25) is 4.79 Å². The van der Waals surface area contributed by atoms with Crippen LogP contribution in [-0.4, -0.2) is 18.1 Å². The van der Waals surface area contributed by atoms with Gasteiger partial charge in [0.2, 0.25) is 0 Å². The number of methoxy groups -OCH3 is 1. The summed E-state index contributed by atoms with van der Waals surface area (Å²) in [6, 6.07) is 5.21. The number of nitrogens with zero attached hydrogens (tertiary/aromatic N) is 2. The highest BCUT2D eigenvalue weighted by Gasteiger charge is 2.25. The van der Waals surface area contributed by atoms with Crippen molar-refractivity contribution in [2.24, 2.45) is 0 Å². The lowest BCUT2D eigenvalue weighted by molar-refractivity contribution is -0.140. The Balaban J connectivity index is 2.44. The van der Waals surface area contributed by atoms with E-state index >= 15 is 0 Å². The summed E-state index contributed by atoms with van der Waals surface area (Å²) in [6.07, 6.45) is 0. The Hall–Kier alpha value is -2.33. The Bertz CT molecular complexity index is 674. The zero-order chi connectivity index (χ0) is 14.7. The van der Waals surface area contributed by atoms with E-state index in [0.717, 1.165) is 30.6 Å². The molecule has 7 heteroatoms. The van der Waals surface area contributed by atoms with Crippen LogP contribution in [-0.2, 0) is 9.53 Å². The van der Waals surface area contributed by atoms with Gasteiger partial charge in [-0.2, -0.15) is 5.26 Å². The van der Waals surface area contributed by atoms with Crippen molar-refractivity contribution < 1.29 is 18.3 Å². The van der Waals surface area contributed by atoms with Crippen molar-refractivity contribution in [2.75, 3.05) is 7.11 Å². The smallest absolute Gasteiger partial charge is 0.330 e. The molecule has 4 nitrogen and oxygen atoms in total. The highest BCUT2D eigenvalue weighted by atomic mass is 32.1. The van der Waals surface area contributed by atoms with E-state index in [-0.39, 0.29) is 16.3 Å². The van der Waals surface area contributed by atoms with E-state index < -0.39 is 23.5 Å². The molecule has 0 amide bonds. The van der Waals surface area contributed by atoms with Gasteiger partial charge >= 0.3 is 5.97 Å². The summed E-state index contributed by atoms with van der Waals surface area (Å²) in [5.74, 6) is -3.47. The van der Waals surface area contributed by atoms with E-state index in [1.54, 1.807) is 6.07 Å². The summed E-state index contributed by atoms with van der Waals surface area (Å²) >= 11 is 0.970. The van der Waals surface area contributed by atoms with Crippen LogP contribution >= 0.6 is 11.3 Å². The normalized spacial score (nSPS) is 11.7. The molecular weight excluding hydrogens is 286 g/mol. The number of nitriles is 1. The molecule has 0 fully saturated rings. The molecule has 1 heterocycles. The van der Waals surface area contributed by atoms with Crippen molar-refractivity contribution in [3.63, 3.8) is 0 Å². The van der Waals surface area contributed by atoms with Crippen LogP contribution in [0.25, 0.3) is 11.3 Å². The van der Waals surface area contributed by atoms with Crippen molar-refractivity contribution in [3.8, 4) is 17.3 Å². The molecule has 102 valence electrons.